The molecule has 5 heteroatoms. The summed E-state index contributed by atoms with van der Waals surface area (Å²) < 4.78 is 1.69. The monoisotopic (exact) mass is 193 g/mol. The summed E-state index contributed by atoms with van der Waals surface area (Å²) in [5, 5.41) is 0. The Morgan fingerprint density at radius 2 is 2.09 bits per heavy atom. The van der Waals surface area contributed by atoms with Crippen molar-refractivity contribution < 1.29 is 0 Å². The van der Waals surface area contributed by atoms with Crippen LogP contribution in [0.15, 0.2) is 29.2 Å². The van der Waals surface area contributed by atoms with Gasteiger partial charge in [0.25, 0.3) is 0 Å². The van der Waals surface area contributed by atoms with E-state index in [1.54, 1.807) is 15.8 Å². The fourth-order valence-electron chi connectivity index (χ4n) is 0.858. The van der Waals surface area contributed by atoms with Crippen LogP contribution in [-0.4, -0.2) is 33.4 Å². The molecule has 0 atom stereocenters. The zero-order valence-corrected chi connectivity index (χ0v) is 9.82. The van der Waals surface area contributed by atoms with Gasteiger partial charge >= 0.3 is 0 Å². The number of hydrogen-bond acceptors (Lipinski definition) is 4. The van der Waals surface area contributed by atoms with E-state index in [0.29, 0.717) is 0 Å². The first-order chi connectivity index (χ1) is 4.86. The predicted octanol–water partition coefficient (Wildman–Crippen LogP) is 1.80. The van der Waals surface area contributed by atoms with Crippen LogP contribution >= 0.6 is 24.8 Å². The van der Waals surface area contributed by atoms with E-state index < -0.39 is 0 Å². The average Bonchev–Trinajstić information content (AvgIpc) is 2.27. The van der Waals surface area contributed by atoms with Crippen molar-refractivity contribution in [3.8, 4) is 0 Å². The van der Waals surface area contributed by atoms with E-state index in [2.05, 4.69) is 24.3 Å². The Bertz CT molecular complexity index is 231. The third-order valence-electron chi connectivity index (χ3n) is 1.29. The maximum atomic E-state index is 4.12. The van der Waals surface area contributed by atoms with Crippen LogP contribution in [0.3, 0.4) is 0 Å². The van der Waals surface area contributed by atoms with E-state index >= 15 is 0 Å². The first-order valence-electron chi connectivity index (χ1n) is 2.89. The summed E-state index contributed by atoms with van der Waals surface area (Å²) in [6, 6.07) is 8.10. The van der Waals surface area contributed by atoms with Crippen molar-refractivity contribution in [2.75, 3.05) is 5.43 Å². The van der Waals surface area contributed by atoms with Gasteiger partial charge in [0.1, 0.15) is 0 Å². The molecule has 53 valence electrons. The van der Waals surface area contributed by atoms with Gasteiger partial charge in [-0.1, -0.05) is 24.9 Å². The van der Waals surface area contributed by atoms with Gasteiger partial charge in [0.05, 0.1) is 10.6 Å². The molecular weight excluding hydrogens is 187 g/mol. The summed E-state index contributed by atoms with van der Waals surface area (Å²) in [5.74, 6) is 0. The molecule has 0 fully saturated rings. The van der Waals surface area contributed by atoms with E-state index in [1.807, 2.05) is 18.2 Å². The van der Waals surface area contributed by atoms with Gasteiger partial charge < -0.3 is 0 Å². The molecule has 1 aromatic rings. The maximum Gasteiger partial charge on any atom is 0.0658 e. The molecule has 0 spiro atoms. The van der Waals surface area contributed by atoms with Gasteiger partial charge in [-0.3, -0.25) is 5.43 Å². The molecule has 1 N–H and O–H groups in total. The van der Waals surface area contributed by atoms with Crippen LogP contribution in [0.2, 0.25) is 0 Å². The third kappa shape index (κ3) is 2.08. The predicted molar refractivity (Wildman–Crippen MR) is 52.5 cm³/mol. The normalized spacial score (nSPS) is 15.0. The Morgan fingerprint density at radius 1 is 1.36 bits per heavy atom. The van der Waals surface area contributed by atoms with Gasteiger partial charge in [0.15, 0.2) is 0 Å². The van der Waals surface area contributed by atoms with Crippen LogP contribution in [0.5, 0.6) is 0 Å². The minimum Gasteiger partial charge on any atom is -0.298 e. The second kappa shape index (κ2) is 4.07. The Kier molecular flexibility index (Phi) is 3.61. The molecule has 0 amide bonds. The molecule has 1 aliphatic rings. The van der Waals surface area contributed by atoms with Gasteiger partial charge in [-0.05, 0) is 24.1 Å². The Hall–Kier alpha value is 0.680. The number of rotatable bonds is 0. The minimum atomic E-state index is 0. The first-order valence-corrected chi connectivity index (χ1v) is 4.06. The van der Waals surface area contributed by atoms with Crippen molar-refractivity contribution >= 4 is 60.0 Å². The van der Waals surface area contributed by atoms with Gasteiger partial charge in [0.2, 0.25) is 0 Å². The zero-order chi connectivity index (χ0) is 6.97. The quantitative estimate of drug-likeness (QED) is 0.371. The third-order valence-corrected chi connectivity index (χ3v) is 2.45. The number of fused-ring (bicyclic) bond motifs is 1. The number of nitrogens with zero attached hydrogens (tertiary/aromatic N) is 1. The molecule has 11 heavy (non-hydrogen) atoms. The van der Waals surface area contributed by atoms with E-state index in [0.717, 1.165) is 5.69 Å². The van der Waals surface area contributed by atoms with E-state index in [4.69, 9.17) is 0 Å². The number of hydrazine groups is 1. The van der Waals surface area contributed by atoms with Crippen molar-refractivity contribution in [1.82, 2.24) is 3.82 Å². The number of anilines is 1. The summed E-state index contributed by atoms with van der Waals surface area (Å²) >= 11 is 5.70. The van der Waals surface area contributed by atoms with E-state index in [1.165, 1.54) is 4.90 Å². The number of hydrogen-bond donors (Lipinski definition) is 2. The van der Waals surface area contributed by atoms with Gasteiger partial charge in [-0.2, -0.15) is 0 Å². The summed E-state index contributed by atoms with van der Waals surface area (Å²) in [4.78, 5) is 1.22. The second-order valence-corrected chi connectivity index (χ2v) is 3.63. The molecule has 0 unspecified atom stereocenters. The Morgan fingerprint density at radius 3 is 2.82 bits per heavy atom. The van der Waals surface area contributed by atoms with Crippen molar-refractivity contribution in [2.24, 2.45) is 0 Å². The summed E-state index contributed by atoms with van der Waals surface area (Å²) in [6.07, 6.45) is 0. The van der Waals surface area contributed by atoms with Crippen molar-refractivity contribution in [1.29, 1.82) is 0 Å². The Balaban J connectivity index is 0.000000605. The molecular formula is C6H6N2NaS2. The molecule has 2 nitrogen and oxygen atoms in total. The smallest absolute Gasteiger partial charge is 0.0658 e. The van der Waals surface area contributed by atoms with Crippen LogP contribution in [0.4, 0.5) is 5.69 Å². The van der Waals surface area contributed by atoms with Crippen LogP contribution in [0, 0.1) is 0 Å². The van der Waals surface area contributed by atoms with Gasteiger partial charge in [-0.15, -0.1) is 3.82 Å². The van der Waals surface area contributed by atoms with Crippen LogP contribution < -0.4 is 5.43 Å². The number of thiol groups is 1. The second-order valence-electron chi connectivity index (χ2n) is 1.97. The number of para-hydroxylation sites is 1. The van der Waals surface area contributed by atoms with Crippen LogP contribution in [-0.2, 0) is 0 Å². The molecule has 0 saturated carbocycles. The number of benzene rings is 1. The molecule has 0 saturated heterocycles. The maximum absolute atomic E-state index is 4.12. The fraction of sp³-hybridized carbons (Fsp3) is 0. The molecule has 1 radical (unpaired) electrons. The summed E-state index contributed by atoms with van der Waals surface area (Å²) in [5.41, 5.74) is 4.19. The van der Waals surface area contributed by atoms with Crippen molar-refractivity contribution in [3.63, 3.8) is 0 Å². The van der Waals surface area contributed by atoms with Crippen molar-refractivity contribution in [2.45, 2.75) is 4.90 Å². The Labute approximate surface area is 97.7 Å². The summed E-state index contributed by atoms with van der Waals surface area (Å²) in [6.45, 7) is 0. The van der Waals surface area contributed by atoms with Crippen molar-refractivity contribution in [3.05, 3.63) is 24.3 Å². The van der Waals surface area contributed by atoms with E-state index in [9.17, 15) is 0 Å². The molecule has 0 bridgehead atoms. The SMILES string of the molecule is SN1Nc2ccccc2S1.[Na]. The molecule has 1 heterocycles. The molecule has 0 aromatic heterocycles. The largest absolute Gasteiger partial charge is 0.298 e. The standard InChI is InChI=1S/C6H6N2S2.Na/c9-8-7-5-3-1-2-4-6(5)10-8;/h1-4,7,9H;. The fourth-order valence-corrected chi connectivity index (χ4v) is 1.91. The zero-order valence-electron chi connectivity index (χ0n) is 6.11. The van der Waals surface area contributed by atoms with Crippen LogP contribution in [0.25, 0.3) is 0 Å². The van der Waals surface area contributed by atoms with Crippen LogP contribution in [0.1, 0.15) is 0 Å². The molecule has 2 rings (SSSR count). The van der Waals surface area contributed by atoms with E-state index in [-0.39, 0.29) is 29.6 Å². The number of nitrogens with one attached hydrogen (secondary N) is 1. The molecule has 0 aliphatic carbocycles. The van der Waals surface area contributed by atoms with Gasteiger partial charge in [-0.25, -0.2) is 0 Å². The average molecular weight is 193 g/mol. The minimum absolute atomic E-state index is 0. The topological polar surface area (TPSA) is 15.3 Å². The first kappa shape index (κ1) is 9.77. The molecule has 1 aromatic carbocycles. The molecule has 1 aliphatic heterocycles. The van der Waals surface area contributed by atoms with Gasteiger partial charge in [0, 0.05) is 29.6 Å². The summed E-state index contributed by atoms with van der Waals surface area (Å²) in [7, 11) is 0.